The topological polar surface area (TPSA) is 32.5 Å². The van der Waals surface area contributed by atoms with Gasteiger partial charge in [-0.05, 0) is 76.0 Å². The molecule has 1 aromatic carbocycles. The van der Waals surface area contributed by atoms with Crippen LogP contribution in [0.4, 0.5) is 5.69 Å². The maximum atomic E-state index is 5.74. The highest BCUT2D eigenvalue weighted by atomic mass is 15.2. The molecule has 3 heteroatoms. The monoisotopic (exact) mass is 287 g/mol. The molecule has 2 N–H and O–H groups in total. The molecule has 2 heterocycles. The number of piperidine rings is 2. The zero-order valence-electron chi connectivity index (χ0n) is 13.1. The summed E-state index contributed by atoms with van der Waals surface area (Å²) >= 11 is 0. The highest BCUT2D eigenvalue weighted by Gasteiger charge is 2.25. The molecule has 0 bridgehead atoms. The first-order chi connectivity index (χ1) is 10.3. The van der Waals surface area contributed by atoms with Gasteiger partial charge in [-0.25, -0.2) is 0 Å². The lowest BCUT2D eigenvalue weighted by atomic mass is 9.99. The molecule has 0 saturated carbocycles. The normalized spacial score (nSPS) is 22.5. The Morgan fingerprint density at radius 2 is 1.57 bits per heavy atom. The van der Waals surface area contributed by atoms with E-state index in [1.54, 1.807) is 0 Å². The molecule has 0 unspecified atom stereocenters. The van der Waals surface area contributed by atoms with Crippen molar-refractivity contribution < 1.29 is 0 Å². The highest BCUT2D eigenvalue weighted by Crippen LogP contribution is 2.21. The van der Waals surface area contributed by atoms with E-state index in [2.05, 4.69) is 21.9 Å². The van der Waals surface area contributed by atoms with Crippen LogP contribution in [0.15, 0.2) is 24.3 Å². The van der Waals surface area contributed by atoms with Crippen molar-refractivity contribution in [1.29, 1.82) is 0 Å². The Balaban J connectivity index is 1.40. The Kier molecular flexibility index (Phi) is 5.15. The average Bonchev–Trinajstić information content (AvgIpc) is 2.56. The van der Waals surface area contributed by atoms with Crippen molar-refractivity contribution in [2.45, 2.75) is 44.6 Å². The fourth-order valence-electron chi connectivity index (χ4n) is 3.76. The maximum absolute atomic E-state index is 5.74. The maximum Gasteiger partial charge on any atom is 0.0314 e. The third-order valence-electron chi connectivity index (χ3n) is 5.16. The second kappa shape index (κ2) is 7.28. The van der Waals surface area contributed by atoms with E-state index in [9.17, 15) is 0 Å². The summed E-state index contributed by atoms with van der Waals surface area (Å²) in [6.45, 7) is 6.43. The first kappa shape index (κ1) is 14.9. The second-order valence-electron chi connectivity index (χ2n) is 6.66. The van der Waals surface area contributed by atoms with Gasteiger partial charge in [0, 0.05) is 18.3 Å². The van der Waals surface area contributed by atoms with Crippen molar-refractivity contribution in [3.8, 4) is 0 Å². The molecule has 2 saturated heterocycles. The van der Waals surface area contributed by atoms with E-state index in [0.717, 1.165) is 18.2 Å². The zero-order valence-corrected chi connectivity index (χ0v) is 13.1. The van der Waals surface area contributed by atoms with Crippen molar-refractivity contribution in [2.24, 2.45) is 0 Å². The Morgan fingerprint density at radius 1 is 0.905 bits per heavy atom. The quantitative estimate of drug-likeness (QED) is 0.864. The number of nitrogens with zero attached hydrogens (tertiary/aromatic N) is 2. The largest absolute Gasteiger partial charge is 0.399 e. The number of hydrogen-bond acceptors (Lipinski definition) is 3. The minimum absolute atomic E-state index is 0.859. The predicted octanol–water partition coefficient (Wildman–Crippen LogP) is 2.76. The van der Waals surface area contributed by atoms with Crippen LogP contribution in [-0.4, -0.2) is 48.6 Å². The smallest absolute Gasteiger partial charge is 0.0314 e. The van der Waals surface area contributed by atoms with E-state index in [1.807, 2.05) is 12.1 Å². The number of hydrogen-bond donors (Lipinski definition) is 1. The Bertz CT molecular complexity index is 415. The summed E-state index contributed by atoms with van der Waals surface area (Å²) in [5, 5.41) is 0. The number of likely N-dealkylation sites (tertiary alicyclic amines) is 2. The molecule has 1 aromatic rings. The lowest BCUT2D eigenvalue weighted by Crippen LogP contribution is -2.47. The van der Waals surface area contributed by atoms with Crippen LogP contribution in [-0.2, 0) is 6.42 Å². The molecule has 2 aliphatic heterocycles. The van der Waals surface area contributed by atoms with Gasteiger partial charge in [-0.1, -0.05) is 18.6 Å². The number of rotatable bonds is 4. The molecule has 2 aliphatic rings. The van der Waals surface area contributed by atoms with Crippen molar-refractivity contribution in [3.05, 3.63) is 29.8 Å². The molecule has 3 rings (SSSR count). The van der Waals surface area contributed by atoms with E-state index < -0.39 is 0 Å². The molecule has 0 aliphatic carbocycles. The Hall–Kier alpha value is -1.06. The molecule has 2 fully saturated rings. The zero-order chi connectivity index (χ0) is 14.5. The van der Waals surface area contributed by atoms with Crippen LogP contribution in [0.1, 0.15) is 37.7 Å². The van der Waals surface area contributed by atoms with Gasteiger partial charge in [0.05, 0.1) is 0 Å². The van der Waals surface area contributed by atoms with Crippen molar-refractivity contribution in [3.63, 3.8) is 0 Å². The number of benzene rings is 1. The van der Waals surface area contributed by atoms with Gasteiger partial charge in [-0.3, -0.25) is 0 Å². The first-order valence-electron chi connectivity index (χ1n) is 8.62. The van der Waals surface area contributed by atoms with Gasteiger partial charge in [-0.15, -0.1) is 0 Å². The van der Waals surface area contributed by atoms with E-state index in [0.29, 0.717) is 0 Å². The number of nitrogen functional groups attached to an aromatic ring is 1. The third-order valence-corrected chi connectivity index (χ3v) is 5.16. The van der Waals surface area contributed by atoms with Crippen LogP contribution in [0.3, 0.4) is 0 Å². The summed E-state index contributed by atoms with van der Waals surface area (Å²) in [6, 6.07) is 9.21. The summed E-state index contributed by atoms with van der Waals surface area (Å²) in [5.41, 5.74) is 8.00. The van der Waals surface area contributed by atoms with Crippen LogP contribution in [0.5, 0.6) is 0 Å². The third kappa shape index (κ3) is 4.21. The standard InChI is InChI=1S/C18H29N3/c19-17-6-4-16(5-7-17)8-13-20-14-9-18(10-15-20)21-11-2-1-3-12-21/h4-7,18H,1-3,8-15,19H2. The summed E-state index contributed by atoms with van der Waals surface area (Å²) in [4.78, 5) is 5.39. The van der Waals surface area contributed by atoms with E-state index in [4.69, 9.17) is 5.73 Å². The minimum Gasteiger partial charge on any atom is -0.399 e. The molecule has 21 heavy (non-hydrogen) atoms. The van der Waals surface area contributed by atoms with Gasteiger partial charge >= 0.3 is 0 Å². The van der Waals surface area contributed by atoms with Gasteiger partial charge in [0.15, 0.2) is 0 Å². The van der Waals surface area contributed by atoms with Crippen molar-refractivity contribution in [1.82, 2.24) is 9.80 Å². The Morgan fingerprint density at radius 3 is 2.24 bits per heavy atom. The van der Waals surface area contributed by atoms with Crippen LogP contribution in [0, 0.1) is 0 Å². The SMILES string of the molecule is Nc1ccc(CCN2CCC(N3CCCCC3)CC2)cc1. The summed E-state index contributed by atoms with van der Waals surface area (Å²) in [6.07, 6.45) is 8.14. The van der Waals surface area contributed by atoms with E-state index in [1.165, 1.54) is 70.4 Å². The summed E-state index contributed by atoms with van der Waals surface area (Å²) in [7, 11) is 0. The van der Waals surface area contributed by atoms with E-state index in [-0.39, 0.29) is 0 Å². The number of nitrogens with two attached hydrogens (primary N) is 1. The molecule has 0 aromatic heterocycles. The predicted molar refractivity (Wildman–Crippen MR) is 89.4 cm³/mol. The van der Waals surface area contributed by atoms with E-state index >= 15 is 0 Å². The fraction of sp³-hybridized carbons (Fsp3) is 0.667. The summed E-state index contributed by atoms with van der Waals surface area (Å²) in [5.74, 6) is 0. The second-order valence-corrected chi connectivity index (χ2v) is 6.66. The first-order valence-corrected chi connectivity index (χ1v) is 8.62. The van der Waals surface area contributed by atoms with Gasteiger partial charge in [0.1, 0.15) is 0 Å². The molecular formula is C18H29N3. The van der Waals surface area contributed by atoms with Crippen LogP contribution >= 0.6 is 0 Å². The molecule has 116 valence electrons. The molecule has 0 radical (unpaired) electrons. The molecule has 0 amide bonds. The van der Waals surface area contributed by atoms with Crippen LogP contribution in [0.2, 0.25) is 0 Å². The van der Waals surface area contributed by atoms with Gasteiger partial charge in [0.2, 0.25) is 0 Å². The average molecular weight is 287 g/mol. The molecule has 0 atom stereocenters. The Labute approximate surface area is 129 Å². The van der Waals surface area contributed by atoms with Gasteiger partial charge in [-0.2, -0.15) is 0 Å². The molecular weight excluding hydrogens is 258 g/mol. The highest BCUT2D eigenvalue weighted by molar-refractivity contribution is 5.39. The van der Waals surface area contributed by atoms with Gasteiger partial charge in [0.25, 0.3) is 0 Å². The minimum atomic E-state index is 0.859. The van der Waals surface area contributed by atoms with Crippen LogP contribution in [0.25, 0.3) is 0 Å². The lowest BCUT2D eigenvalue weighted by Gasteiger charge is -2.40. The lowest BCUT2D eigenvalue weighted by molar-refractivity contribution is 0.0931. The van der Waals surface area contributed by atoms with Crippen molar-refractivity contribution >= 4 is 5.69 Å². The molecule has 3 nitrogen and oxygen atoms in total. The van der Waals surface area contributed by atoms with Crippen molar-refractivity contribution in [2.75, 3.05) is 38.5 Å². The van der Waals surface area contributed by atoms with Gasteiger partial charge < -0.3 is 15.5 Å². The van der Waals surface area contributed by atoms with Crippen LogP contribution < -0.4 is 5.73 Å². The molecule has 0 spiro atoms. The fourth-order valence-corrected chi connectivity index (χ4v) is 3.76. The summed E-state index contributed by atoms with van der Waals surface area (Å²) < 4.78 is 0. The number of anilines is 1.